The maximum Gasteiger partial charge on any atom is 0.338 e. The molecule has 0 aromatic heterocycles. The van der Waals surface area contributed by atoms with Gasteiger partial charge in [-0.15, -0.1) is 0 Å². The molecule has 2 aromatic carbocycles. The van der Waals surface area contributed by atoms with E-state index in [1.165, 1.54) is 17.6 Å². The molecule has 20 heavy (non-hydrogen) atoms. The number of esters is 1. The zero-order chi connectivity index (χ0) is 14.5. The van der Waals surface area contributed by atoms with Crippen LogP contribution in [-0.4, -0.2) is 13.1 Å². The normalized spacial score (nSPS) is 10.3. The molecule has 0 fully saturated rings. The molecule has 0 spiro atoms. The van der Waals surface area contributed by atoms with Gasteiger partial charge in [0.15, 0.2) is 0 Å². The number of hydrogen-bond acceptors (Lipinski definition) is 3. The molecule has 0 heterocycles. The van der Waals surface area contributed by atoms with Crippen LogP contribution in [0.25, 0.3) is 0 Å². The van der Waals surface area contributed by atoms with Crippen LogP contribution in [0.15, 0.2) is 52.3 Å². The number of aryl methyl sites for hydroxylation is 1. The maximum atomic E-state index is 11.7. The average molecular weight is 398 g/mol. The summed E-state index contributed by atoms with van der Waals surface area (Å²) in [5.41, 5.74) is 1.94. The van der Waals surface area contributed by atoms with E-state index in [9.17, 15) is 4.79 Å². The first-order valence-corrected chi connectivity index (χ1v) is 8.18. The molecule has 0 radical (unpaired) electrons. The Morgan fingerprint density at radius 2 is 1.80 bits per heavy atom. The average Bonchev–Trinajstić information content (AvgIpc) is 2.49. The fraction of sp³-hybridized carbons (Fsp3) is 0.188. The molecule has 104 valence electrons. The number of carbonyl (C=O) groups excluding carboxylic acids is 1. The predicted octanol–water partition coefficient (Wildman–Crippen LogP) is 4.79. The van der Waals surface area contributed by atoms with Gasteiger partial charge in [-0.25, -0.2) is 4.79 Å². The number of carbonyl (C=O) groups is 1. The molecule has 2 aromatic rings. The van der Waals surface area contributed by atoms with Crippen LogP contribution in [0, 0.1) is 3.57 Å². The number of ether oxygens (including phenoxy) is 1. The van der Waals surface area contributed by atoms with Gasteiger partial charge in [0.05, 0.1) is 12.7 Å². The topological polar surface area (TPSA) is 26.3 Å². The molecule has 0 unspecified atom stereocenters. The molecule has 0 aliphatic rings. The van der Waals surface area contributed by atoms with Crippen molar-refractivity contribution in [2.75, 3.05) is 7.11 Å². The molecule has 0 saturated carbocycles. The number of benzene rings is 2. The van der Waals surface area contributed by atoms with Crippen LogP contribution >= 0.6 is 34.4 Å². The fourth-order valence-electron chi connectivity index (χ4n) is 1.76. The largest absolute Gasteiger partial charge is 0.465 e. The van der Waals surface area contributed by atoms with E-state index >= 15 is 0 Å². The lowest BCUT2D eigenvalue weighted by atomic mass is 10.2. The zero-order valence-corrected chi connectivity index (χ0v) is 14.3. The van der Waals surface area contributed by atoms with Crippen molar-refractivity contribution in [3.63, 3.8) is 0 Å². The van der Waals surface area contributed by atoms with E-state index in [-0.39, 0.29) is 5.97 Å². The lowest BCUT2D eigenvalue weighted by Gasteiger charge is -2.07. The van der Waals surface area contributed by atoms with Crippen molar-refractivity contribution in [3.05, 3.63) is 57.2 Å². The van der Waals surface area contributed by atoms with Gasteiger partial charge < -0.3 is 4.74 Å². The van der Waals surface area contributed by atoms with Crippen molar-refractivity contribution in [2.24, 2.45) is 0 Å². The summed E-state index contributed by atoms with van der Waals surface area (Å²) in [5.74, 6) is -0.293. The summed E-state index contributed by atoms with van der Waals surface area (Å²) in [7, 11) is 1.40. The second-order valence-corrected chi connectivity index (χ2v) is 6.54. The van der Waals surface area contributed by atoms with Crippen LogP contribution in [0.1, 0.15) is 22.8 Å². The van der Waals surface area contributed by atoms with Crippen molar-refractivity contribution < 1.29 is 9.53 Å². The Bertz CT molecular complexity index is 608. The third-order valence-electron chi connectivity index (χ3n) is 2.91. The molecule has 0 saturated heterocycles. The summed E-state index contributed by atoms with van der Waals surface area (Å²) in [6, 6.07) is 14.3. The summed E-state index contributed by atoms with van der Waals surface area (Å²) in [6.07, 6.45) is 1.04. The Labute approximate surface area is 137 Å². The standard InChI is InChI=1S/C16H15IO2S/c1-3-11-4-6-12(7-5-11)20-13-8-9-15(17)14(10-13)16(18)19-2/h4-10H,3H2,1-2H3. The molecule has 0 aliphatic heterocycles. The first-order chi connectivity index (χ1) is 9.63. The Kier molecular flexibility index (Phi) is 5.48. The maximum absolute atomic E-state index is 11.7. The van der Waals surface area contributed by atoms with Crippen molar-refractivity contribution in [1.82, 2.24) is 0 Å². The van der Waals surface area contributed by atoms with Crippen LogP contribution < -0.4 is 0 Å². The number of methoxy groups -OCH3 is 1. The van der Waals surface area contributed by atoms with E-state index in [0.717, 1.165) is 14.9 Å². The molecule has 2 rings (SSSR count). The Hall–Kier alpha value is -1.01. The van der Waals surface area contributed by atoms with E-state index in [0.29, 0.717) is 5.56 Å². The number of halogens is 1. The quantitative estimate of drug-likeness (QED) is 0.547. The minimum Gasteiger partial charge on any atom is -0.465 e. The fourth-order valence-corrected chi connectivity index (χ4v) is 3.18. The highest BCUT2D eigenvalue weighted by atomic mass is 127. The molecule has 4 heteroatoms. The molecule has 0 atom stereocenters. The van der Waals surface area contributed by atoms with Crippen molar-refractivity contribution in [3.8, 4) is 0 Å². The van der Waals surface area contributed by atoms with Crippen LogP contribution in [0.4, 0.5) is 0 Å². The van der Waals surface area contributed by atoms with Gasteiger partial charge in [0.25, 0.3) is 0 Å². The summed E-state index contributed by atoms with van der Waals surface area (Å²) in [6.45, 7) is 2.14. The third kappa shape index (κ3) is 3.76. The van der Waals surface area contributed by atoms with Gasteiger partial charge in [-0.2, -0.15) is 0 Å². The molecule has 2 nitrogen and oxygen atoms in total. The lowest BCUT2D eigenvalue weighted by Crippen LogP contribution is -2.03. The van der Waals surface area contributed by atoms with Crippen LogP contribution in [-0.2, 0) is 11.2 Å². The van der Waals surface area contributed by atoms with Gasteiger partial charge in [-0.05, 0) is 64.9 Å². The molecular weight excluding hydrogens is 383 g/mol. The molecule has 0 aliphatic carbocycles. The summed E-state index contributed by atoms with van der Waals surface area (Å²) >= 11 is 3.79. The summed E-state index contributed by atoms with van der Waals surface area (Å²) in [4.78, 5) is 13.9. The highest BCUT2D eigenvalue weighted by Crippen LogP contribution is 2.30. The van der Waals surface area contributed by atoms with E-state index in [1.54, 1.807) is 11.8 Å². The Morgan fingerprint density at radius 3 is 2.40 bits per heavy atom. The van der Waals surface area contributed by atoms with E-state index < -0.39 is 0 Å². The highest BCUT2D eigenvalue weighted by Gasteiger charge is 2.11. The smallest absolute Gasteiger partial charge is 0.338 e. The van der Waals surface area contributed by atoms with Crippen LogP contribution in [0.2, 0.25) is 0 Å². The molecule has 0 amide bonds. The van der Waals surface area contributed by atoms with Gasteiger partial charge in [0, 0.05) is 13.4 Å². The third-order valence-corrected chi connectivity index (χ3v) is 4.85. The highest BCUT2D eigenvalue weighted by molar-refractivity contribution is 14.1. The van der Waals surface area contributed by atoms with Crippen molar-refractivity contribution >= 4 is 40.3 Å². The van der Waals surface area contributed by atoms with E-state index in [2.05, 4.69) is 53.8 Å². The second-order valence-electron chi connectivity index (χ2n) is 4.23. The SMILES string of the molecule is CCc1ccc(Sc2ccc(I)c(C(=O)OC)c2)cc1. The van der Waals surface area contributed by atoms with Crippen molar-refractivity contribution in [1.29, 1.82) is 0 Å². The van der Waals surface area contributed by atoms with Crippen LogP contribution in [0.5, 0.6) is 0 Å². The first-order valence-electron chi connectivity index (χ1n) is 6.28. The van der Waals surface area contributed by atoms with Gasteiger partial charge >= 0.3 is 5.97 Å². The lowest BCUT2D eigenvalue weighted by molar-refractivity contribution is 0.0599. The predicted molar refractivity (Wildman–Crippen MR) is 90.4 cm³/mol. The zero-order valence-electron chi connectivity index (χ0n) is 11.4. The van der Waals surface area contributed by atoms with Gasteiger partial charge in [-0.3, -0.25) is 0 Å². The Morgan fingerprint density at radius 1 is 1.15 bits per heavy atom. The molecular formula is C16H15IO2S. The van der Waals surface area contributed by atoms with Gasteiger partial charge in [0.1, 0.15) is 0 Å². The first kappa shape index (κ1) is 15.4. The van der Waals surface area contributed by atoms with Crippen molar-refractivity contribution in [2.45, 2.75) is 23.1 Å². The number of hydrogen-bond donors (Lipinski definition) is 0. The number of rotatable bonds is 4. The van der Waals surface area contributed by atoms with Gasteiger partial charge in [0.2, 0.25) is 0 Å². The summed E-state index contributed by atoms with van der Waals surface area (Å²) < 4.78 is 5.70. The van der Waals surface area contributed by atoms with E-state index in [4.69, 9.17) is 4.74 Å². The minimum atomic E-state index is -0.293. The monoisotopic (exact) mass is 398 g/mol. The summed E-state index contributed by atoms with van der Waals surface area (Å²) in [5, 5.41) is 0. The molecule has 0 N–H and O–H groups in total. The van der Waals surface area contributed by atoms with Crippen LogP contribution in [0.3, 0.4) is 0 Å². The second kappa shape index (κ2) is 7.13. The van der Waals surface area contributed by atoms with E-state index in [1.807, 2.05) is 18.2 Å². The van der Waals surface area contributed by atoms with Gasteiger partial charge in [-0.1, -0.05) is 30.8 Å². The minimum absolute atomic E-state index is 0.293. The Balaban J connectivity index is 2.22. The molecule has 0 bridgehead atoms.